The summed E-state index contributed by atoms with van der Waals surface area (Å²) in [5, 5.41) is 12.4. The lowest BCUT2D eigenvalue weighted by Gasteiger charge is -2.06. The molecular weight excluding hydrogens is 252 g/mol. The predicted molar refractivity (Wildman–Crippen MR) is 70.0 cm³/mol. The Morgan fingerprint density at radius 2 is 2.17 bits per heavy atom. The number of phenolic OH excluding ortho intramolecular Hbond substituents is 1. The topological polar surface area (TPSA) is 62.2 Å². The monoisotopic (exact) mass is 262 g/mol. The first-order valence-corrected chi connectivity index (χ1v) is 5.66. The number of carbonyl (C=O) groups is 1. The first-order valence-electron chi connectivity index (χ1n) is 5.29. The Labute approximate surface area is 109 Å². The third-order valence-corrected chi connectivity index (χ3v) is 2.78. The van der Waals surface area contributed by atoms with Crippen molar-refractivity contribution in [1.29, 1.82) is 0 Å². The maximum atomic E-state index is 11.9. The van der Waals surface area contributed by atoms with Crippen LogP contribution in [0.15, 0.2) is 36.5 Å². The number of amides is 1. The third kappa shape index (κ3) is 2.78. The molecule has 0 fully saturated rings. The first kappa shape index (κ1) is 12.4. The fourth-order valence-corrected chi connectivity index (χ4v) is 1.58. The Morgan fingerprint density at radius 3 is 2.83 bits per heavy atom. The average Bonchev–Trinajstić information content (AvgIpc) is 2.34. The van der Waals surface area contributed by atoms with Gasteiger partial charge in [0, 0.05) is 5.56 Å². The fourth-order valence-electron chi connectivity index (χ4n) is 1.48. The minimum atomic E-state index is -0.311. The summed E-state index contributed by atoms with van der Waals surface area (Å²) >= 11 is 5.80. The number of aryl methyl sites for hydroxylation is 1. The quantitative estimate of drug-likeness (QED) is 0.818. The largest absolute Gasteiger partial charge is 0.508 e. The number of phenols is 1. The molecule has 1 amide bonds. The van der Waals surface area contributed by atoms with E-state index in [1.54, 1.807) is 25.1 Å². The Morgan fingerprint density at radius 1 is 1.39 bits per heavy atom. The van der Waals surface area contributed by atoms with E-state index in [0.29, 0.717) is 16.4 Å². The second-order valence-electron chi connectivity index (χ2n) is 3.84. The molecule has 0 unspecified atom stereocenters. The van der Waals surface area contributed by atoms with E-state index >= 15 is 0 Å². The first-order chi connectivity index (χ1) is 8.56. The van der Waals surface area contributed by atoms with E-state index in [9.17, 15) is 9.90 Å². The lowest BCUT2D eigenvalue weighted by Crippen LogP contribution is -2.12. The zero-order valence-electron chi connectivity index (χ0n) is 9.64. The molecule has 5 heteroatoms. The van der Waals surface area contributed by atoms with Crippen molar-refractivity contribution in [2.45, 2.75) is 6.92 Å². The van der Waals surface area contributed by atoms with Gasteiger partial charge in [-0.05, 0) is 36.8 Å². The number of benzene rings is 1. The van der Waals surface area contributed by atoms with Gasteiger partial charge in [0.1, 0.15) is 10.9 Å². The van der Waals surface area contributed by atoms with Crippen LogP contribution in [-0.4, -0.2) is 16.0 Å². The van der Waals surface area contributed by atoms with Crippen molar-refractivity contribution < 1.29 is 9.90 Å². The molecule has 18 heavy (non-hydrogen) atoms. The second kappa shape index (κ2) is 5.06. The summed E-state index contributed by atoms with van der Waals surface area (Å²) in [5.41, 5.74) is 1.72. The van der Waals surface area contributed by atoms with Gasteiger partial charge in [-0.2, -0.15) is 0 Å². The molecule has 1 heterocycles. The molecule has 2 N–H and O–H groups in total. The number of carbonyl (C=O) groups excluding carboxylic acids is 1. The minimum Gasteiger partial charge on any atom is -0.508 e. The molecule has 0 radical (unpaired) electrons. The molecule has 0 saturated carbocycles. The number of aromatic hydroxyl groups is 1. The number of aromatic nitrogens is 1. The molecule has 0 atom stereocenters. The van der Waals surface area contributed by atoms with Gasteiger partial charge in [0.05, 0.1) is 11.9 Å². The number of hydrogen-bond donors (Lipinski definition) is 2. The molecule has 0 spiro atoms. The summed E-state index contributed by atoms with van der Waals surface area (Å²) in [6, 6.07) is 7.85. The van der Waals surface area contributed by atoms with Crippen molar-refractivity contribution >= 4 is 23.2 Å². The van der Waals surface area contributed by atoms with Gasteiger partial charge >= 0.3 is 0 Å². The summed E-state index contributed by atoms with van der Waals surface area (Å²) in [5.74, 6) is -0.262. The summed E-state index contributed by atoms with van der Waals surface area (Å²) in [7, 11) is 0. The van der Waals surface area contributed by atoms with Crippen molar-refractivity contribution in [3.8, 4) is 5.75 Å². The number of halogens is 1. The van der Waals surface area contributed by atoms with Crippen molar-refractivity contribution in [3.05, 3.63) is 52.8 Å². The highest BCUT2D eigenvalue weighted by atomic mass is 35.5. The van der Waals surface area contributed by atoms with Crippen LogP contribution in [0.5, 0.6) is 5.75 Å². The molecule has 0 aliphatic heterocycles. The molecule has 2 rings (SSSR count). The van der Waals surface area contributed by atoms with E-state index in [1.807, 2.05) is 0 Å². The van der Waals surface area contributed by atoms with Crippen LogP contribution in [0, 0.1) is 6.92 Å². The Kier molecular flexibility index (Phi) is 3.48. The van der Waals surface area contributed by atoms with E-state index in [2.05, 4.69) is 10.3 Å². The third-order valence-electron chi connectivity index (χ3n) is 2.38. The van der Waals surface area contributed by atoms with Gasteiger partial charge in [0.15, 0.2) is 0 Å². The number of rotatable bonds is 2. The van der Waals surface area contributed by atoms with E-state index < -0.39 is 0 Å². The van der Waals surface area contributed by atoms with Crippen LogP contribution >= 0.6 is 11.6 Å². The maximum absolute atomic E-state index is 11.9. The fraction of sp³-hybridized carbons (Fsp3) is 0.0769. The lowest BCUT2D eigenvalue weighted by atomic mass is 10.2. The standard InChI is InChI=1S/C13H11ClN2O2/c1-8-5-10(7-15-12(8)14)16-13(18)9-3-2-4-11(17)6-9/h2-7,17H,1H3,(H,16,18). The Bertz CT molecular complexity index is 599. The Hall–Kier alpha value is -2.07. The zero-order chi connectivity index (χ0) is 13.1. The van der Waals surface area contributed by atoms with Gasteiger partial charge in [0.25, 0.3) is 5.91 Å². The van der Waals surface area contributed by atoms with Crippen LogP contribution in [0.4, 0.5) is 5.69 Å². The molecule has 4 nitrogen and oxygen atoms in total. The van der Waals surface area contributed by atoms with Crippen LogP contribution in [0.3, 0.4) is 0 Å². The van der Waals surface area contributed by atoms with Crippen LogP contribution in [0.25, 0.3) is 0 Å². The summed E-state index contributed by atoms with van der Waals surface area (Å²) in [6.45, 7) is 1.80. The molecule has 1 aromatic heterocycles. The van der Waals surface area contributed by atoms with Gasteiger partial charge in [0.2, 0.25) is 0 Å². The minimum absolute atomic E-state index is 0.0491. The van der Waals surface area contributed by atoms with Crippen LogP contribution in [0.2, 0.25) is 5.15 Å². The van der Waals surface area contributed by atoms with Crippen molar-refractivity contribution in [2.24, 2.45) is 0 Å². The number of nitrogens with zero attached hydrogens (tertiary/aromatic N) is 1. The second-order valence-corrected chi connectivity index (χ2v) is 4.19. The van der Waals surface area contributed by atoms with Gasteiger partial charge in [-0.15, -0.1) is 0 Å². The highest BCUT2D eigenvalue weighted by Gasteiger charge is 2.07. The van der Waals surface area contributed by atoms with Crippen LogP contribution in [0.1, 0.15) is 15.9 Å². The highest BCUT2D eigenvalue weighted by Crippen LogP contribution is 2.17. The molecular formula is C13H11ClN2O2. The van der Waals surface area contributed by atoms with Crippen molar-refractivity contribution in [1.82, 2.24) is 4.98 Å². The van der Waals surface area contributed by atoms with E-state index in [4.69, 9.17) is 11.6 Å². The number of nitrogens with one attached hydrogen (secondary N) is 1. The predicted octanol–water partition coefficient (Wildman–Crippen LogP) is 3.00. The highest BCUT2D eigenvalue weighted by molar-refractivity contribution is 6.30. The number of anilines is 1. The Balaban J connectivity index is 2.18. The summed E-state index contributed by atoms with van der Waals surface area (Å²) in [6.07, 6.45) is 1.48. The number of pyridine rings is 1. The molecule has 0 bridgehead atoms. The molecule has 0 aliphatic carbocycles. The van der Waals surface area contributed by atoms with E-state index in [-0.39, 0.29) is 11.7 Å². The molecule has 2 aromatic rings. The van der Waals surface area contributed by atoms with Crippen molar-refractivity contribution in [2.75, 3.05) is 5.32 Å². The van der Waals surface area contributed by atoms with Gasteiger partial charge < -0.3 is 10.4 Å². The van der Waals surface area contributed by atoms with Crippen LogP contribution < -0.4 is 5.32 Å². The normalized spacial score (nSPS) is 10.1. The van der Waals surface area contributed by atoms with E-state index in [1.165, 1.54) is 18.3 Å². The van der Waals surface area contributed by atoms with Gasteiger partial charge in [-0.1, -0.05) is 17.7 Å². The van der Waals surface area contributed by atoms with Crippen LogP contribution in [-0.2, 0) is 0 Å². The van der Waals surface area contributed by atoms with Crippen molar-refractivity contribution in [3.63, 3.8) is 0 Å². The number of hydrogen-bond acceptors (Lipinski definition) is 3. The van der Waals surface area contributed by atoms with Gasteiger partial charge in [-0.3, -0.25) is 4.79 Å². The van der Waals surface area contributed by atoms with E-state index in [0.717, 1.165) is 5.56 Å². The SMILES string of the molecule is Cc1cc(NC(=O)c2cccc(O)c2)cnc1Cl. The average molecular weight is 263 g/mol. The zero-order valence-corrected chi connectivity index (χ0v) is 10.4. The lowest BCUT2D eigenvalue weighted by molar-refractivity contribution is 0.102. The molecule has 1 aromatic carbocycles. The molecule has 92 valence electrons. The van der Waals surface area contributed by atoms with Gasteiger partial charge in [-0.25, -0.2) is 4.98 Å². The summed E-state index contributed by atoms with van der Waals surface area (Å²) < 4.78 is 0. The summed E-state index contributed by atoms with van der Waals surface area (Å²) in [4.78, 5) is 15.8. The molecule has 0 saturated heterocycles. The smallest absolute Gasteiger partial charge is 0.255 e. The molecule has 0 aliphatic rings. The maximum Gasteiger partial charge on any atom is 0.255 e.